The second-order valence-electron chi connectivity index (χ2n) is 3.94. The summed E-state index contributed by atoms with van der Waals surface area (Å²) in [5.41, 5.74) is -0.0174. The number of halogens is 1. The number of nitrogens with zero attached hydrogens (tertiary/aromatic N) is 3. The zero-order valence-corrected chi connectivity index (χ0v) is 11.3. The number of nitrogens with one attached hydrogen (secondary N) is 1. The van der Waals surface area contributed by atoms with Crippen molar-refractivity contribution in [3.05, 3.63) is 39.0 Å². The Balaban J connectivity index is 1.87. The molecule has 1 N–H and O–H groups in total. The lowest BCUT2D eigenvalue weighted by Crippen LogP contribution is -2.26. The van der Waals surface area contributed by atoms with Crippen molar-refractivity contribution in [1.82, 2.24) is 9.88 Å². The Kier molecular flexibility index (Phi) is 4.27. The van der Waals surface area contributed by atoms with Crippen LogP contribution in [0.4, 0.5) is 11.5 Å². The molecule has 6 nitrogen and oxygen atoms in total. The molecule has 0 saturated carbocycles. The van der Waals surface area contributed by atoms with Crippen LogP contribution in [0.15, 0.2) is 28.9 Å². The van der Waals surface area contributed by atoms with E-state index in [0.29, 0.717) is 10.3 Å². The number of anilines is 1. The zero-order chi connectivity index (χ0) is 13.0. The second kappa shape index (κ2) is 5.92. The maximum Gasteiger partial charge on any atom is 0.288 e. The summed E-state index contributed by atoms with van der Waals surface area (Å²) in [5, 5.41) is 13.7. The van der Waals surface area contributed by atoms with Crippen LogP contribution in [0.3, 0.4) is 0 Å². The lowest BCUT2D eigenvalue weighted by Gasteiger charge is -2.15. The predicted octanol–water partition coefficient (Wildman–Crippen LogP) is 2.04. The van der Waals surface area contributed by atoms with E-state index in [1.54, 1.807) is 0 Å². The summed E-state index contributed by atoms with van der Waals surface area (Å²) < 4.78 is 0.608. The lowest BCUT2D eigenvalue weighted by atomic mass is 10.4. The molecule has 0 radical (unpaired) electrons. The van der Waals surface area contributed by atoms with E-state index in [9.17, 15) is 10.1 Å². The Morgan fingerprint density at radius 1 is 1.50 bits per heavy atom. The smallest absolute Gasteiger partial charge is 0.288 e. The van der Waals surface area contributed by atoms with Crippen LogP contribution in [0.2, 0.25) is 0 Å². The van der Waals surface area contributed by atoms with Gasteiger partial charge in [0.15, 0.2) is 0 Å². The Morgan fingerprint density at radius 2 is 2.22 bits per heavy atom. The van der Waals surface area contributed by atoms with E-state index in [1.165, 1.54) is 12.3 Å². The molecule has 0 atom stereocenters. The van der Waals surface area contributed by atoms with Crippen LogP contribution in [0, 0.1) is 10.1 Å². The molecule has 0 bridgehead atoms. The number of rotatable bonds is 5. The fourth-order valence-electron chi connectivity index (χ4n) is 1.69. The van der Waals surface area contributed by atoms with Crippen LogP contribution in [-0.2, 0) is 0 Å². The van der Waals surface area contributed by atoms with Gasteiger partial charge in [-0.3, -0.25) is 15.0 Å². The normalized spacial score (nSPS) is 14.9. The van der Waals surface area contributed by atoms with Gasteiger partial charge < -0.3 is 5.32 Å². The SMILES string of the molecule is O=[N+]([O-])c1cnc(NCCN2CC=CC2)c(Br)c1. The average Bonchev–Trinajstić information content (AvgIpc) is 2.84. The highest BCUT2D eigenvalue weighted by atomic mass is 79.9. The molecule has 1 aliphatic rings. The second-order valence-corrected chi connectivity index (χ2v) is 4.79. The molecular weight excluding hydrogens is 300 g/mol. The molecule has 0 amide bonds. The summed E-state index contributed by atoms with van der Waals surface area (Å²) in [6.07, 6.45) is 5.53. The molecule has 0 aromatic carbocycles. The summed E-state index contributed by atoms with van der Waals surface area (Å²) >= 11 is 3.27. The van der Waals surface area contributed by atoms with E-state index in [1.807, 2.05) is 0 Å². The van der Waals surface area contributed by atoms with Crippen LogP contribution in [-0.4, -0.2) is 41.0 Å². The van der Waals surface area contributed by atoms with E-state index in [4.69, 9.17) is 0 Å². The molecule has 18 heavy (non-hydrogen) atoms. The Labute approximate surface area is 113 Å². The van der Waals surface area contributed by atoms with Gasteiger partial charge in [0.2, 0.25) is 0 Å². The van der Waals surface area contributed by atoms with Gasteiger partial charge in [-0.15, -0.1) is 0 Å². The number of hydrogen-bond donors (Lipinski definition) is 1. The van der Waals surface area contributed by atoms with Gasteiger partial charge in [-0.05, 0) is 15.9 Å². The van der Waals surface area contributed by atoms with Crippen molar-refractivity contribution in [1.29, 1.82) is 0 Å². The summed E-state index contributed by atoms with van der Waals surface area (Å²) in [6, 6.07) is 1.45. The third-order valence-electron chi connectivity index (χ3n) is 2.65. The van der Waals surface area contributed by atoms with Gasteiger partial charge in [-0.2, -0.15) is 0 Å². The van der Waals surface area contributed by atoms with Crippen LogP contribution < -0.4 is 5.32 Å². The number of hydrogen-bond acceptors (Lipinski definition) is 5. The Hall–Kier alpha value is -1.47. The van der Waals surface area contributed by atoms with Crippen molar-refractivity contribution in [2.24, 2.45) is 0 Å². The van der Waals surface area contributed by atoms with Gasteiger partial charge >= 0.3 is 0 Å². The van der Waals surface area contributed by atoms with E-state index in [0.717, 1.165) is 26.2 Å². The van der Waals surface area contributed by atoms with Crippen LogP contribution in [0.5, 0.6) is 0 Å². The van der Waals surface area contributed by atoms with Crippen molar-refractivity contribution in [2.75, 3.05) is 31.5 Å². The number of pyridine rings is 1. The summed E-state index contributed by atoms with van der Waals surface area (Å²) in [5.74, 6) is 0.632. The minimum absolute atomic E-state index is 0.0174. The maximum absolute atomic E-state index is 10.6. The van der Waals surface area contributed by atoms with Crippen LogP contribution in [0.25, 0.3) is 0 Å². The molecule has 0 aliphatic carbocycles. The summed E-state index contributed by atoms with van der Waals surface area (Å²) in [7, 11) is 0. The first-order valence-corrected chi connectivity index (χ1v) is 6.37. The minimum Gasteiger partial charge on any atom is -0.368 e. The first-order chi connectivity index (χ1) is 8.66. The van der Waals surface area contributed by atoms with E-state index >= 15 is 0 Å². The monoisotopic (exact) mass is 312 g/mol. The van der Waals surface area contributed by atoms with Crippen molar-refractivity contribution in [3.63, 3.8) is 0 Å². The summed E-state index contributed by atoms with van der Waals surface area (Å²) in [6.45, 7) is 3.64. The molecule has 1 aromatic rings. The molecule has 96 valence electrons. The predicted molar refractivity (Wildman–Crippen MR) is 72.7 cm³/mol. The minimum atomic E-state index is -0.461. The highest BCUT2D eigenvalue weighted by Gasteiger charge is 2.11. The largest absolute Gasteiger partial charge is 0.368 e. The molecule has 0 fully saturated rings. The van der Waals surface area contributed by atoms with Gasteiger partial charge in [0.1, 0.15) is 12.0 Å². The van der Waals surface area contributed by atoms with Crippen molar-refractivity contribution < 1.29 is 4.92 Å². The molecule has 7 heteroatoms. The Morgan fingerprint density at radius 3 is 2.83 bits per heavy atom. The maximum atomic E-state index is 10.6. The summed E-state index contributed by atoms with van der Waals surface area (Å²) in [4.78, 5) is 16.4. The number of aromatic nitrogens is 1. The van der Waals surface area contributed by atoms with Gasteiger partial charge in [0, 0.05) is 32.2 Å². The quantitative estimate of drug-likeness (QED) is 0.512. The first kappa shape index (κ1) is 13.0. The molecule has 2 rings (SSSR count). The Bertz CT molecular complexity index is 470. The third kappa shape index (κ3) is 3.27. The van der Waals surface area contributed by atoms with Gasteiger partial charge in [0.25, 0.3) is 5.69 Å². The highest BCUT2D eigenvalue weighted by molar-refractivity contribution is 9.10. The fourth-order valence-corrected chi connectivity index (χ4v) is 2.17. The van der Waals surface area contributed by atoms with Gasteiger partial charge in [-0.1, -0.05) is 12.2 Å². The van der Waals surface area contributed by atoms with Gasteiger partial charge in [-0.25, -0.2) is 4.98 Å². The molecule has 1 aromatic heterocycles. The molecular formula is C11H13BrN4O2. The van der Waals surface area contributed by atoms with E-state index in [2.05, 4.69) is 43.3 Å². The first-order valence-electron chi connectivity index (χ1n) is 5.58. The van der Waals surface area contributed by atoms with Gasteiger partial charge in [0.05, 0.1) is 9.40 Å². The molecule has 0 saturated heterocycles. The van der Waals surface area contributed by atoms with Crippen molar-refractivity contribution >= 4 is 27.4 Å². The molecule has 0 spiro atoms. The highest BCUT2D eigenvalue weighted by Crippen LogP contribution is 2.24. The van der Waals surface area contributed by atoms with E-state index in [-0.39, 0.29) is 5.69 Å². The lowest BCUT2D eigenvalue weighted by molar-refractivity contribution is -0.385. The molecule has 1 aliphatic heterocycles. The molecule has 2 heterocycles. The van der Waals surface area contributed by atoms with Crippen molar-refractivity contribution in [2.45, 2.75) is 0 Å². The standard InChI is InChI=1S/C11H13BrN4O2/c12-10-7-9(16(17)18)8-14-11(10)13-3-6-15-4-1-2-5-15/h1-2,7-8H,3-6H2,(H,13,14). The third-order valence-corrected chi connectivity index (χ3v) is 3.26. The van der Waals surface area contributed by atoms with Crippen LogP contribution in [0.1, 0.15) is 0 Å². The van der Waals surface area contributed by atoms with Crippen molar-refractivity contribution in [3.8, 4) is 0 Å². The number of nitro groups is 1. The van der Waals surface area contributed by atoms with E-state index < -0.39 is 4.92 Å². The molecule has 0 unspecified atom stereocenters. The topological polar surface area (TPSA) is 71.3 Å². The van der Waals surface area contributed by atoms with Crippen LogP contribution >= 0.6 is 15.9 Å². The zero-order valence-electron chi connectivity index (χ0n) is 9.67. The fraction of sp³-hybridized carbons (Fsp3) is 0.364. The average molecular weight is 313 g/mol.